The highest BCUT2D eigenvalue weighted by Gasteiger charge is 2.46. The van der Waals surface area contributed by atoms with Gasteiger partial charge in [0.05, 0.1) is 22.1 Å². The van der Waals surface area contributed by atoms with E-state index in [1.165, 1.54) is 99.8 Å². The van der Waals surface area contributed by atoms with Crippen molar-refractivity contribution in [3.63, 3.8) is 0 Å². The van der Waals surface area contributed by atoms with Crippen LogP contribution in [0.5, 0.6) is 0 Å². The Hall–Kier alpha value is -8.98. The van der Waals surface area contributed by atoms with E-state index in [2.05, 4.69) is 290 Å². The van der Waals surface area contributed by atoms with Crippen LogP contribution < -0.4 is 4.90 Å². The maximum absolute atomic E-state index is 2.46. The molecule has 0 fully saturated rings. The molecule has 0 unspecified atom stereocenters. The molecule has 0 atom stereocenters. The van der Waals surface area contributed by atoms with E-state index in [0.717, 1.165) is 22.6 Å². The molecule has 1 heterocycles. The third-order valence-electron chi connectivity index (χ3n) is 15.8. The maximum Gasteiger partial charge on any atom is 0.0713 e. The second-order valence-corrected chi connectivity index (χ2v) is 19.9. The van der Waals surface area contributed by atoms with Gasteiger partial charge in [0, 0.05) is 38.8 Å². The molecule has 340 valence electrons. The van der Waals surface area contributed by atoms with Gasteiger partial charge in [-0.3, -0.25) is 0 Å². The summed E-state index contributed by atoms with van der Waals surface area (Å²) in [6.07, 6.45) is 0. The molecule has 0 bridgehead atoms. The van der Waals surface area contributed by atoms with Crippen LogP contribution in [0.3, 0.4) is 0 Å². The Bertz CT molecular complexity index is 4020. The summed E-state index contributed by atoms with van der Waals surface area (Å²) in [5.41, 5.74) is 24.0. The van der Waals surface area contributed by atoms with Crippen molar-refractivity contribution in [2.45, 2.75) is 24.7 Å². The fraction of sp³-hybridized carbons (Fsp3) is 0.0571. The van der Waals surface area contributed by atoms with Crippen LogP contribution in [0.2, 0.25) is 0 Å². The molecule has 0 aliphatic heterocycles. The summed E-state index contributed by atoms with van der Waals surface area (Å²) >= 11 is 0. The molecule has 1 aromatic heterocycles. The number of para-hydroxylation sites is 4. The van der Waals surface area contributed by atoms with E-state index in [4.69, 9.17) is 0 Å². The summed E-state index contributed by atoms with van der Waals surface area (Å²) in [6, 6.07) is 98.8. The van der Waals surface area contributed by atoms with Gasteiger partial charge < -0.3 is 9.47 Å². The molecule has 0 spiro atoms. The summed E-state index contributed by atoms with van der Waals surface area (Å²) in [5, 5.41) is 2.61. The van der Waals surface area contributed by atoms with E-state index in [1.807, 2.05) is 0 Å². The molecule has 0 saturated heterocycles. The van der Waals surface area contributed by atoms with E-state index in [9.17, 15) is 0 Å². The van der Waals surface area contributed by atoms with Gasteiger partial charge in [0.25, 0.3) is 0 Å². The minimum absolute atomic E-state index is 0.237. The monoisotopic (exact) mass is 918 g/mol. The first kappa shape index (κ1) is 41.9. The Labute approximate surface area is 421 Å². The molecule has 0 N–H and O–H groups in total. The molecular formula is C70H50N2. The van der Waals surface area contributed by atoms with Crippen molar-refractivity contribution in [2.75, 3.05) is 4.90 Å². The van der Waals surface area contributed by atoms with Crippen LogP contribution in [0.15, 0.2) is 267 Å². The first-order chi connectivity index (χ1) is 35.5. The van der Waals surface area contributed by atoms with Crippen LogP contribution in [-0.2, 0) is 10.8 Å². The van der Waals surface area contributed by atoms with Gasteiger partial charge in [0.1, 0.15) is 0 Å². The number of benzene rings is 11. The number of aromatic nitrogens is 1. The number of hydrogen-bond donors (Lipinski definition) is 0. The van der Waals surface area contributed by atoms with Gasteiger partial charge in [-0.25, -0.2) is 0 Å². The van der Waals surface area contributed by atoms with Gasteiger partial charge in [0.15, 0.2) is 0 Å². The Balaban J connectivity index is 0.935. The summed E-state index contributed by atoms with van der Waals surface area (Å²) in [5.74, 6) is 0. The number of hydrogen-bond acceptors (Lipinski definition) is 1. The number of anilines is 3. The van der Waals surface area contributed by atoms with Gasteiger partial charge in [-0.15, -0.1) is 0 Å². The summed E-state index contributed by atoms with van der Waals surface area (Å²) < 4.78 is 2.44. The molecule has 2 nitrogen and oxygen atoms in total. The molecule has 14 rings (SSSR count). The predicted molar refractivity (Wildman–Crippen MR) is 301 cm³/mol. The molecular weight excluding hydrogens is 869 g/mol. The van der Waals surface area contributed by atoms with Crippen molar-refractivity contribution in [3.05, 3.63) is 300 Å². The van der Waals surface area contributed by atoms with Gasteiger partial charge in [-0.1, -0.05) is 220 Å². The molecule has 11 aromatic carbocycles. The second kappa shape index (κ2) is 16.3. The lowest BCUT2D eigenvalue weighted by Gasteiger charge is -2.34. The molecule has 12 aromatic rings. The molecule has 2 aliphatic carbocycles. The quantitative estimate of drug-likeness (QED) is 0.147. The van der Waals surface area contributed by atoms with E-state index in [1.54, 1.807) is 0 Å². The topological polar surface area (TPSA) is 8.17 Å². The second-order valence-electron chi connectivity index (χ2n) is 19.9. The lowest BCUT2D eigenvalue weighted by atomic mass is 9.67. The zero-order valence-corrected chi connectivity index (χ0v) is 40.3. The SMILES string of the molecule is CC1(C)c2ccc(N(c3ccccc3)c3ccccc3-c3ccccc3-c3cccc(C4(c5ccccc5)c5ccccc5-c5ccccc54)c3)cc2-c2ccc3c(c21)c1ccccc1n3-c1ccccc1. The zero-order valence-electron chi connectivity index (χ0n) is 40.3. The number of nitrogens with zero attached hydrogens (tertiary/aromatic N) is 2. The Morgan fingerprint density at radius 2 is 0.931 bits per heavy atom. The van der Waals surface area contributed by atoms with E-state index < -0.39 is 5.41 Å². The van der Waals surface area contributed by atoms with E-state index in [0.29, 0.717) is 0 Å². The average molecular weight is 919 g/mol. The van der Waals surface area contributed by atoms with Gasteiger partial charge in [-0.05, 0) is 133 Å². The van der Waals surface area contributed by atoms with E-state index >= 15 is 0 Å². The Kier molecular flexibility index (Phi) is 9.50. The normalized spacial score (nSPS) is 13.6. The minimum atomic E-state index is -0.493. The highest BCUT2D eigenvalue weighted by atomic mass is 15.1. The average Bonchev–Trinajstić information content (AvgIpc) is 4.03. The van der Waals surface area contributed by atoms with E-state index in [-0.39, 0.29) is 5.41 Å². The van der Waals surface area contributed by atoms with Crippen LogP contribution >= 0.6 is 0 Å². The van der Waals surface area contributed by atoms with Crippen LogP contribution in [0, 0.1) is 0 Å². The summed E-state index contributed by atoms with van der Waals surface area (Å²) in [4.78, 5) is 2.46. The summed E-state index contributed by atoms with van der Waals surface area (Å²) in [7, 11) is 0. The Morgan fingerprint density at radius 1 is 0.347 bits per heavy atom. The van der Waals surface area contributed by atoms with Crippen LogP contribution in [-0.4, -0.2) is 4.57 Å². The predicted octanol–water partition coefficient (Wildman–Crippen LogP) is 18.3. The van der Waals surface area contributed by atoms with Crippen molar-refractivity contribution in [1.29, 1.82) is 0 Å². The van der Waals surface area contributed by atoms with Crippen molar-refractivity contribution < 1.29 is 0 Å². The first-order valence-electron chi connectivity index (χ1n) is 25.2. The molecule has 2 heteroatoms. The number of rotatable bonds is 8. The fourth-order valence-electron chi connectivity index (χ4n) is 12.9. The molecule has 2 aliphatic rings. The molecule has 72 heavy (non-hydrogen) atoms. The standard InChI is InChI=1S/C70H50N2/c1-69(2)61-43-41-52(46-60(61)58-42-44-66-67(68(58)69)59-36-17-21-40-65(59)72(66)51-29-10-5-11-30-51)71(50-27-8-4-9-28-50)64-39-20-16-35-57(64)54-32-13-12-31-53(54)47-23-22-26-49(45-47)70(48-24-6-3-7-25-48)62-37-18-14-33-55(62)56-34-15-19-38-63(56)70/h3-46H,1-2H3. The number of fused-ring (bicyclic) bond motifs is 10. The molecule has 0 radical (unpaired) electrons. The summed E-state index contributed by atoms with van der Waals surface area (Å²) in [6.45, 7) is 4.82. The first-order valence-corrected chi connectivity index (χ1v) is 25.2. The fourth-order valence-corrected chi connectivity index (χ4v) is 12.9. The minimum Gasteiger partial charge on any atom is -0.310 e. The smallest absolute Gasteiger partial charge is 0.0713 e. The third-order valence-corrected chi connectivity index (χ3v) is 15.8. The largest absolute Gasteiger partial charge is 0.310 e. The van der Waals surface area contributed by atoms with Gasteiger partial charge in [0.2, 0.25) is 0 Å². The zero-order chi connectivity index (χ0) is 48.0. The van der Waals surface area contributed by atoms with Crippen molar-refractivity contribution >= 4 is 38.9 Å². The van der Waals surface area contributed by atoms with Gasteiger partial charge in [-0.2, -0.15) is 0 Å². The van der Waals surface area contributed by atoms with Crippen LogP contribution in [0.25, 0.3) is 72.0 Å². The third kappa shape index (κ3) is 6.09. The van der Waals surface area contributed by atoms with Crippen molar-refractivity contribution in [3.8, 4) is 50.2 Å². The lowest BCUT2D eigenvalue weighted by molar-refractivity contribution is 0.666. The van der Waals surface area contributed by atoms with Crippen LogP contribution in [0.4, 0.5) is 17.1 Å². The van der Waals surface area contributed by atoms with Crippen molar-refractivity contribution in [2.24, 2.45) is 0 Å². The van der Waals surface area contributed by atoms with Crippen molar-refractivity contribution in [1.82, 2.24) is 4.57 Å². The Morgan fingerprint density at radius 3 is 1.67 bits per heavy atom. The maximum atomic E-state index is 2.46. The molecule has 0 saturated carbocycles. The highest BCUT2D eigenvalue weighted by Crippen LogP contribution is 2.58. The lowest BCUT2D eigenvalue weighted by Crippen LogP contribution is -2.28. The van der Waals surface area contributed by atoms with Crippen LogP contribution in [0.1, 0.15) is 47.2 Å². The van der Waals surface area contributed by atoms with Gasteiger partial charge >= 0.3 is 0 Å². The molecule has 0 amide bonds. The highest BCUT2D eigenvalue weighted by molar-refractivity contribution is 6.14.